The van der Waals surface area contributed by atoms with Crippen LogP contribution in [-0.4, -0.2) is 68.7 Å². The summed E-state index contributed by atoms with van der Waals surface area (Å²) in [7, 11) is 0. The predicted octanol–water partition coefficient (Wildman–Crippen LogP) is 0.564. The minimum atomic E-state index is -3.07. The van der Waals surface area contributed by atoms with Crippen LogP contribution in [0.15, 0.2) is 12.7 Å². The number of aliphatic hydroxyl groups is 1. The van der Waals surface area contributed by atoms with Crippen molar-refractivity contribution in [3.63, 3.8) is 0 Å². The summed E-state index contributed by atoms with van der Waals surface area (Å²) in [6.45, 7) is 4.12. The quantitative estimate of drug-likeness (QED) is 0.661. The molecule has 0 spiro atoms. The Morgan fingerprint density at radius 1 is 1.21 bits per heavy atom. The van der Waals surface area contributed by atoms with E-state index < -0.39 is 31.5 Å². The first kappa shape index (κ1) is 16.5. The number of rotatable bonds is 4. The van der Waals surface area contributed by atoms with Crippen LogP contribution in [0, 0.1) is 0 Å². The van der Waals surface area contributed by atoms with Crippen LogP contribution < -0.4 is 5.73 Å². The van der Waals surface area contributed by atoms with Crippen LogP contribution >= 0.6 is 0 Å². The normalized spacial score (nSPS) is 31.6. The van der Waals surface area contributed by atoms with E-state index in [-0.39, 0.29) is 18.8 Å². The van der Waals surface area contributed by atoms with E-state index in [1.54, 1.807) is 10.9 Å². The second kappa shape index (κ2) is 6.06. The monoisotopic (exact) mass is 443 g/mol. The van der Waals surface area contributed by atoms with Crippen LogP contribution in [-0.2, 0) is 10.9 Å². The second-order valence-corrected chi connectivity index (χ2v) is 16.7. The van der Waals surface area contributed by atoms with Gasteiger partial charge in [0.2, 0.25) is 0 Å². The van der Waals surface area contributed by atoms with Gasteiger partial charge in [-0.05, 0) is 0 Å². The van der Waals surface area contributed by atoms with E-state index in [2.05, 4.69) is 28.8 Å². The topological polar surface area (TPSA) is 118 Å². The summed E-state index contributed by atoms with van der Waals surface area (Å²) in [5.41, 5.74) is 6.99. The third-order valence-electron chi connectivity index (χ3n) is 4.91. The average molecular weight is 442 g/mol. The van der Waals surface area contributed by atoms with E-state index >= 15 is 0 Å². The number of nitrogens with two attached hydrogens (primary N) is 1. The van der Waals surface area contributed by atoms with Gasteiger partial charge in [-0.1, -0.05) is 0 Å². The molecule has 0 radical (unpaired) electrons. The van der Waals surface area contributed by atoms with Crippen LogP contribution in [0.25, 0.3) is 11.2 Å². The molecule has 0 aromatic carbocycles. The van der Waals surface area contributed by atoms with Crippen LogP contribution in [0.5, 0.6) is 0 Å². The second-order valence-electron chi connectivity index (χ2n) is 6.11. The molecule has 0 aliphatic carbocycles. The standard InChI is InChI=1S/C10H11N5O4.2C2H5.Sn/c11-8-5-9(13-2-12-8)15(3-14-5)10-7(18)6(17)4(1-16)19-10;2*1-2;/h2-4,6-7,10,16H,1H2,(H2,11,12,13);2*1H2,2H3;/q-2;;;+2. The predicted molar refractivity (Wildman–Crippen MR) is 87.2 cm³/mol. The Morgan fingerprint density at radius 2 is 1.96 bits per heavy atom. The summed E-state index contributed by atoms with van der Waals surface area (Å²) in [5.74, 6) is 0.325. The number of nitrogen functional groups attached to an aromatic ring is 1. The number of anilines is 1. The number of hydrogen-bond acceptors (Lipinski definition) is 8. The van der Waals surface area contributed by atoms with Gasteiger partial charge in [-0.2, -0.15) is 0 Å². The van der Waals surface area contributed by atoms with Gasteiger partial charge in [0.25, 0.3) is 0 Å². The van der Waals surface area contributed by atoms with E-state index in [1.165, 1.54) is 6.33 Å². The average Bonchev–Trinajstić information content (AvgIpc) is 3.26. The number of imidazole rings is 1. The first-order valence-electron chi connectivity index (χ1n) is 8.17. The van der Waals surface area contributed by atoms with Crippen LogP contribution in [0.2, 0.25) is 8.87 Å². The van der Waals surface area contributed by atoms with E-state index in [4.69, 9.17) is 16.6 Å². The minimum absolute atomic E-state index is 0.111. The van der Waals surface area contributed by atoms with Crippen LogP contribution in [0.3, 0.4) is 0 Å². The Balaban J connectivity index is 1.74. The van der Waals surface area contributed by atoms with Crippen molar-refractivity contribution in [2.75, 3.05) is 12.3 Å². The third-order valence-corrected chi connectivity index (χ3v) is 15.1. The molecule has 2 fully saturated rings. The molecule has 4 heterocycles. The van der Waals surface area contributed by atoms with E-state index in [1.807, 2.05) is 0 Å². The van der Waals surface area contributed by atoms with Crippen molar-refractivity contribution in [1.82, 2.24) is 19.5 Å². The van der Waals surface area contributed by atoms with Gasteiger partial charge in [-0.25, -0.2) is 0 Å². The van der Waals surface area contributed by atoms with Gasteiger partial charge < -0.3 is 0 Å². The first-order valence-corrected chi connectivity index (χ1v) is 14.5. The third kappa shape index (κ3) is 2.33. The molecule has 2 aliphatic rings. The van der Waals surface area contributed by atoms with Crippen LogP contribution in [0.4, 0.5) is 5.82 Å². The van der Waals surface area contributed by atoms with Gasteiger partial charge in [-0.3, -0.25) is 0 Å². The summed E-state index contributed by atoms with van der Waals surface area (Å²) in [4.78, 5) is 12.5. The molecule has 2 aromatic heterocycles. The van der Waals surface area contributed by atoms with E-state index in [0.717, 1.165) is 8.87 Å². The number of ether oxygens (including phenoxy) is 1. The fourth-order valence-corrected chi connectivity index (χ4v) is 11.4. The Bertz CT molecular complexity index is 752. The molecule has 2 aliphatic heterocycles. The van der Waals surface area contributed by atoms with E-state index in [9.17, 15) is 5.11 Å². The molecule has 130 valence electrons. The number of aliphatic hydroxyl groups excluding tert-OH is 1. The van der Waals surface area contributed by atoms with Gasteiger partial charge in [0.15, 0.2) is 0 Å². The summed E-state index contributed by atoms with van der Waals surface area (Å²) >= 11 is -3.07. The molecule has 4 unspecified atom stereocenters. The molecule has 0 amide bonds. The summed E-state index contributed by atoms with van der Waals surface area (Å²) in [6.07, 6.45) is 1.68. The molecule has 9 nitrogen and oxygen atoms in total. The van der Waals surface area contributed by atoms with Crippen molar-refractivity contribution in [1.29, 1.82) is 0 Å². The maximum atomic E-state index is 9.69. The van der Waals surface area contributed by atoms with Crippen molar-refractivity contribution in [2.45, 2.75) is 47.3 Å². The first-order chi connectivity index (χ1) is 11.6. The van der Waals surface area contributed by atoms with Gasteiger partial charge in [0.1, 0.15) is 0 Å². The molecule has 10 heteroatoms. The van der Waals surface area contributed by atoms with E-state index in [0.29, 0.717) is 17.0 Å². The van der Waals surface area contributed by atoms with Crippen molar-refractivity contribution >= 4 is 36.2 Å². The number of fused-ring (bicyclic) bond motifs is 2. The molecule has 2 aromatic rings. The Kier molecular flexibility index (Phi) is 4.15. The fourth-order valence-electron chi connectivity index (χ4n) is 3.51. The van der Waals surface area contributed by atoms with Gasteiger partial charge >= 0.3 is 144 Å². The molecule has 4 rings (SSSR count). The zero-order valence-corrected chi connectivity index (χ0v) is 16.5. The summed E-state index contributed by atoms with van der Waals surface area (Å²) in [6, 6.07) is 0. The van der Waals surface area contributed by atoms with Gasteiger partial charge in [-0.15, -0.1) is 0 Å². The summed E-state index contributed by atoms with van der Waals surface area (Å²) < 4.78 is 22.5. The zero-order valence-electron chi connectivity index (χ0n) is 13.6. The van der Waals surface area contributed by atoms with Crippen molar-refractivity contribution in [3.05, 3.63) is 12.7 Å². The van der Waals surface area contributed by atoms with Crippen molar-refractivity contribution < 1.29 is 16.0 Å². The number of hydrogen-bond donors (Lipinski definition) is 2. The number of aromatic nitrogens is 4. The van der Waals surface area contributed by atoms with Crippen LogP contribution in [0.1, 0.15) is 20.1 Å². The molecular formula is C14H21N5O4Sn. The molecular weight excluding hydrogens is 421 g/mol. The molecule has 3 N–H and O–H groups in total. The fraction of sp³-hybridized carbons (Fsp3) is 0.643. The molecule has 2 saturated heterocycles. The van der Waals surface area contributed by atoms with Crippen molar-refractivity contribution in [2.24, 2.45) is 0 Å². The molecule has 0 saturated carbocycles. The SMILES string of the molecule is C[CH2][Sn]1([CH2]C)[O]C2C(CO)OC(n3cnc4c(N)ncnc43)C2[O]1. The molecule has 24 heavy (non-hydrogen) atoms. The van der Waals surface area contributed by atoms with Gasteiger partial charge in [0.05, 0.1) is 0 Å². The van der Waals surface area contributed by atoms with Crippen molar-refractivity contribution in [3.8, 4) is 0 Å². The maximum absolute atomic E-state index is 9.69. The summed E-state index contributed by atoms with van der Waals surface area (Å²) in [5, 5.41) is 9.69. The Morgan fingerprint density at radius 3 is 2.67 bits per heavy atom. The Labute approximate surface area is 144 Å². The molecule has 0 bridgehead atoms. The Hall–Kier alpha value is -1.01. The number of nitrogens with zero attached hydrogens (tertiary/aromatic N) is 4. The molecule has 4 atom stereocenters. The van der Waals surface area contributed by atoms with Gasteiger partial charge in [0, 0.05) is 0 Å². The zero-order chi connectivity index (χ0) is 16.9.